The number of carbonyl (C=O) groups excluding carboxylic acids is 1. The summed E-state index contributed by atoms with van der Waals surface area (Å²) >= 11 is 0. The van der Waals surface area contributed by atoms with Crippen molar-refractivity contribution in [2.45, 2.75) is 44.6 Å². The van der Waals surface area contributed by atoms with E-state index >= 15 is 0 Å². The molecule has 1 aliphatic heterocycles. The van der Waals surface area contributed by atoms with Gasteiger partial charge in [0.15, 0.2) is 5.58 Å². The van der Waals surface area contributed by atoms with Gasteiger partial charge in [0.1, 0.15) is 0 Å². The summed E-state index contributed by atoms with van der Waals surface area (Å²) in [5.74, 6) is -0.0206. The Labute approximate surface area is 176 Å². The molecule has 1 atom stereocenters. The van der Waals surface area contributed by atoms with E-state index in [2.05, 4.69) is 37.4 Å². The number of aromatic nitrogens is 1. The quantitative estimate of drug-likeness (QED) is 0.710. The fourth-order valence-corrected chi connectivity index (χ4v) is 4.52. The van der Waals surface area contributed by atoms with Crippen LogP contribution >= 0.6 is 0 Å². The van der Waals surface area contributed by atoms with Crippen LogP contribution in [0.1, 0.15) is 43.7 Å². The SMILES string of the molecule is Cn1c(=O)oc2cc(C3CCN(C(=O)NCCc4ccccc4)C(C)(C)C3)ccc21. The van der Waals surface area contributed by atoms with Crippen molar-refractivity contribution in [3.63, 3.8) is 0 Å². The first-order valence-electron chi connectivity index (χ1n) is 10.5. The second-order valence-corrected chi connectivity index (χ2v) is 8.78. The van der Waals surface area contributed by atoms with Gasteiger partial charge in [0.25, 0.3) is 0 Å². The molecular formula is C24H29N3O3. The first kappa shape index (κ1) is 20.3. The van der Waals surface area contributed by atoms with Crippen LogP contribution in [-0.4, -0.2) is 34.1 Å². The van der Waals surface area contributed by atoms with Gasteiger partial charge in [-0.2, -0.15) is 0 Å². The van der Waals surface area contributed by atoms with E-state index in [1.54, 1.807) is 7.05 Å². The van der Waals surface area contributed by atoms with Crippen LogP contribution in [-0.2, 0) is 13.5 Å². The molecule has 1 fully saturated rings. The largest absolute Gasteiger partial charge is 0.419 e. The van der Waals surface area contributed by atoms with Crippen molar-refractivity contribution < 1.29 is 9.21 Å². The summed E-state index contributed by atoms with van der Waals surface area (Å²) in [7, 11) is 1.71. The van der Waals surface area contributed by atoms with E-state index in [1.807, 2.05) is 35.2 Å². The number of nitrogens with zero attached hydrogens (tertiary/aromatic N) is 2. The van der Waals surface area contributed by atoms with Crippen LogP contribution in [0.15, 0.2) is 57.7 Å². The van der Waals surface area contributed by atoms with Crippen molar-refractivity contribution in [1.82, 2.24) is 14.8 Å². The summed E-state index contributed by atoms with van der Waals surface area (Å²) in [5.41, 5.74) is 3.55. The Balaban J connectivity index is 1.40. The van der Waals surface area contributed by atoms with Crippen LogP contribution in [0, 0.1) is 0 Å². The Morgan fingerprint density at radius 1 is 1.20 bits per heavy atom. The smallest absolute Gasteiger partial charge is 0.408 e. The molecule has 3 aromatic rings. The minimum Gasteiger partial charge on any atom is -0.408 e. The van der Waals surface area contributed by atoms with Gasteiger partial charge in [0, 0.05) is 25.7 Å². The van der Waals surface area contributed by atoms with Gasteiger partial charge in [-0.25, -0.2) is 9.59 Å². The first-order chi connectivity index (χ1) is 14.3. The van der Waals surface area contributed by atoms with Gasteiger partial charge < -0.3 is 14.6 Å². The highest BCUT2D eigenvalue weighted by Crippen LogP contribution is 2.38. The molecule has 1 aliphatic rings. The molecule has 30 heavy (non-hydrogen) atoms. The number of hydrogen-bond donors (Lipinski definition) is 1. The van der Waals surface area contributed by atoms with E-state index in [0.717, 1.165) is 30.3 Å². The molecule has 158 valence electrons. The zero-order valence-corrected chi connectivity index (χ0v) is 17.9. The molecule has 1 N–H and O–H groups in total. The van der Waals surface area contributed by atoms with Gasteiger partial charge >= 0.3 is 11.8 Å². The van der Waals surface area contributed by atoms with Crippen LogP contribution in [0.3, 0.4) is 0 Å². The molecule has 6 nitrogen and oxygen atoms in total. The van der Waals surface area contributed by atoms with E-state index in [1.165, 1.54) is 10.1 Å². The summed E-state index contributed by atoms with van der Waals surface area (Å²) in [4.78, 5) is 26.5. The number of benzene rings is 2. The first-order valence-corrected chi connectivity index (χ1v) is 10.5. The maximum absolute atomic E-state index is 12.8. The lowest BCUT2D eigenvalue weighted by molar-refractivity contribution is 0.0926. The van der Waals surface area contributed by atoms with Gasteiger partial charge in [-0.3, -0.25) is 4.57 Å². The van der Waals surface area contributed by atoms with Crippen LogP contribution in [0.4, 0.5) is 4.79 Å². The fraction of sp³-hybridized carbons (Fsp3) is 0.417. The number of urea groups is 1. The predicted molar refractivity (Wildman–Crippen MR) is 118 cm³/mol. The molecule has 0 aliphatic carbocycles. The lowest BCUT2D eigenvalue weighted by Gasteiger charge is -2.45. The van der Waals surface area contributed by atoms with Crippen LogP contribution < -0.4 is 11.1 Å². The van der Waals surface area contributed by atoms with Gasteiger partial charge in [-0.1, -0.05) is 36.4 Å². The summed E-state index contributed by atoms with van der Waals surface area (Å²) in [6.07, 6.45) is 2.57. The van der Waals surface area contributed by atoms with Crippen molar-refractivity contribution in [3.8, 4) is 0 Å². The number of rotatable bonds is 4. The lowest BCUT2D eigenvalue weighted by atomic mass is 9.79. The highest BCUT2D eigenvalue weighted by molar-refractivity contribution is 5.75. The van der Waals surface area contributed by atoms with Gasteiger partial charge in [0.05, 0.1) is 5.52 Å². The standard InChI is InChI=1S/C24H29N3O3/c1-24(2)16-19(18-9-10-20-21(15-18)30-23(29)26(20)3)12-14-27(24)22(28)25-13-11-17-7-5-4-6-8-17/h4-10,15,19H,11-14,16H2,1-3H3,(H,25,28). The van der Waals surface area contributed by atoms with E-state index in [0.29, 0.717) is 24.6 Å². The van der Waals surface area contributed by atoms with Crippen LogP contribution in [0.5, 0.6) is 0 Å². The van der Waals surface area contributed by atoms with Crippen molar-refractivity contribution in [2.24, 2.45) is 7.05 Å². The van der Waals surface area contributed by atoms with E-state index in [-0.39, 0.29) is 17.3 Å². The van der Waals surface area contributed by atoms with E-state index < -0.39 is 0 Å². The summed E-state index contributed by atoms with van der Waals surface area (Å²) in [6, 6.07) is 16.2. The Kier molecular flexibility index (Phi) is 5.41. The Hall–Kier alpha value is -3.02. The third-order valence-electron chi connectivity index (χ3n) is 6.24. The zero-order chi connectivity index (χ0) is 21.3. The van der Waals surface area contributed by atoms with Gasteiger partial charge in [0.2, 0.25) is 0 Å². The maximum Gasteiger partial charge on any atom is 0.419 e. The maximum atomic E-state index is 12.8. The number of nitrogens with one attached hydrogen (secondary N) is 1. The topological polar surface area (TPSA) is 67.5 Å². The molecule has 1 aromatic heterocycles. The number of aryl methyl sites for hydroxylation is 1. The molecule has 4 rings (SSSR count). The number of hydrogen-bond acceptors (Lipinski definition) is 3. The summed E-state index contributed by atoms with van der Waals surface area (Å²) in [5, 5.41) is 3.08. The zero-order valence-electron chi connectivity index (χ0n) is 17.9. The molecular weight excluding hydrogens is 378 g/mol. The van der Waals surface area contributed by atoms with Crippen molar-refractivity contribution in [1.29, 1.82) is 0 Å². The lowest BCUT2D eigenvalue weighted by Crippen LogP contribution is -2.55. The van der Waals surface area contributed by atoms with E-state index in [4.69, 9.17) is 4.42 Å². The third-order valence-corrected chi connectivity index (χ3v) is 6.24. The highest BCUT2D eigenvalue weighted by Gasteiger charge is 2.38. The van der Waals surface area contributed by atoms with E-state index in [9.17, 15) is 9.59 Å². The average molecular weight is 408 g/mol. The molecule has 1 unspecified atom stereocenters. The van der Waals surface area contributed by atoms with Crippen LogP contribution in [0.25, 0.3) is 11.1 Å². The second-order valence-electron chi connectivity index (χ2n) is 8.78. The van der Waals surface area contributed by atoms with Crippen molar-refractivity contribution in [3.05, 3.63) is 70.2 Å². The van der Waals surface area contributed by atoms with Crippen molar-refractivity contribution in [2.75, 3.05) is 13.1 Å². The summed E-state index contributed by atoms with van der Waals surface area (Å²) in [6.45, 7) is 5.57. The molecule has 0 spiro atoms. The Morgan fingerprint density at radius 2 is 1.97 bits per heavy atom. The molecule has 2 heterocycles. The number of amides is 2. The minimum absolute atomic E-state index is 0.00103. The number of piperidine rings is 1. The Morgan fingerprint density at radius 3 is 2.70 bits per heavy atom. The van der Waals surface area contributed by atoms with Crippen LogP contribution in [0.2, 0.25) is 0 Å². The van der Waals surface area contributed by atoms with Gasteiger partial charge in [-0.15, -0.1) is 0 Å². The number of likely N-dealkylation sites (tertiary alicyclic amines) is 1. The highest BCUT2D eigenvalue weighted by atomic mass is 16.4. The normalized spacial score (nSPS) is 18.5. The number of oxazole rings is 1. The summed E-state index contributed by atoms with van der Waals surface area (Å²) < 4.78 is 6.87. The minimum atomic E-state index is -0.343. The fourth-order valence-electron chi connectivity index (χ4n) is 4.52. The molecule has 6 heteroatoms. The molecule has 2 aromatic carbocycles. The monoisotopic (exact) mass is 407 g/mol. The predicted octanol–water partition coefficient (Wildman–Crippen LogP) is 4.04. The second kappa shape index (κ2) is 8.01. The van der Waals surface area contributed by atoms with Gasteiger partial charge in [-0.05, 0) is 62.3 Å². The molecule has 0 radical (unpaired) electrons. The average Bonchev–Trinajstić information content (AvgIpc) is 3.01. The Bertz CT molecular complexity index is 1100. The molecule has 0 bridgehead atoms. The molecule has 0 saturated carbocycles. The number of fused-ring (bicyclic) bond motifs is 1. The van der Waals surface area contributed by atoms with Crippen molar-refractivity contribution >= 4 is 17.1 Å². The number of carbonyl (C=O) groups is 1. The third kappa shape index (κ3) is 3.99. The molecule has 2 amide bonds. The molecule has 1 saturated heterocycles.